The minimum absolute atomic E-state index is 0.182. The minimum Gasteiger partial charge on any atom is -0.339 e. The molecule has 1 aromatic carbocycles. The van der Waals surface area contributed by atoms with Gasteiger partial charge in [0.15, 0.2) is 5.82 Å². The number of nitrogens with two attached hydrogens (primary N) is 1. The Morgan fingerprint density at radius 3 is 2.67 bits per heavy atom. The fraction of sp³-hybridized carbons (Fsp3) is 0.500. The molecule has 4 nitrogen and oxygen atoms in total. The Hall–Kier alpha value is -1.75. The van der Waals surface area contributed by atoms with Crippen molar-refractivity contribution in [3.8, 4) is 0 Å². The van der Waals surface area contributed by atoms with E-state index in [4.69, 9.17) is 10.3 Å². The summed E-state index contributed by atoms with van der Waals surface area (Å²) in [6.07, 6.45) is 5.84. The molecule has 112 valence electrons. The summed E-state index contributed by atoms with van der Waals surface area (Å²) in [7, 11) is 0. The molecule has 1 saturated carbocycles. The van der Waals surface area contributed by atoms with E-state index >= 15 is 0 Å². The fourth-order valence-corrected chi connectivity index (χ4v) is 3.09. The topological polar surface area (TPSA) is 64.9 Å². The summed E-state index contributed by atoms with van der Waals surface area (Å²) in [6, 6.07) is 6.66. The number of nitrogens with zero attached hydrogens (tertiary/aromatic N) is 2. The van der Waals surface area contributed by atoms with E-state index in [9.17, 15) is 4.39 Å². The first-order chi connectivity index (χ1) is 10.2. The number of aromatic nitrogens is 2. The van der Waals surface area contributed by atoms with E-state index in [1.807, 2.05) is 6.07 Å². The van der Waals surface area contributed by atoms with Gasteiger partial charge in [0.1, 0.15) is 5.82 Å². The van der Waals surface area contributed by atoms with E-state index in [0.29, 0.717) is 30.2 Å². The molecule has 1 aliphatic carbocycles. The molecule has 1 heterocycles. The number of benzene rings is 1. The van der Waals surface area contributed by atoms with Crippen LogP contribution in [-0.2, 0) is 11.8 Å². The Kier molecular flexibility index (Phi) is 4.01. The molecule has 3 rings (SSSR count). The Morgan fingerprint density at radius 2 is 1.95 bits per heavy atom. The first-order valence-corrected chi connectivity index (χ1v) is 7.50. The average molecular weight is 289 g/mol. The summed E-state index contributed by atoms with van der Waals surface area (Å²) in [4.78, 5) is 4.49. The highest BCUT2D eigenvalue weighted by atomic mass is 19.1. The fourth-order valence-electron chi connectivity index (χ4n) is 3.09. The quantitative estimate of drug-likeness (QED) is 0.939. The van der Waals surface area contributed by atoms with Gasteiger partial charge in [-0.1, -0.05) is 42.6 Å². The molecule has 0 radical (unpaired) electrons. The SMILES string of the molecule is NCC1(c2nc(Cc3ccccc3F)no2)CCCCC1. The lowest BCUT2D eigenvalue weighted by molar-refractivity contribution is 0.219. The highest BCUT2D eigenvalue weighted by molar-refractivity contribution is 5.21. The lowest BCUT2D eigenvalue weighted by atomic mass is 9.74. The molecule has 0 saturated heterocycles. The molecule has 21 heavy (non-hydrogen) atoms. The molecule has 5 heteroatoms. The summed E-state index contributed by atoms with van der Waals surface area (Å²) in [5.41, 5.74) is 6.37. The maximum absolute atomic E-state index is 13.7. The van der Waals surface area contributed by atoms with E-state index in [-0.39, 0.29) is 11.2 Å². The average Bonchev–Trinajstić information content (AvgIpc) is 2.99. The molecule has 0 bridgehead atoms. The lowest BCUT2D eigenvalue weighted by Crippen LogP contribution is -2.37. The van der Waals surface area contributed by atoms with Crippen LogP contribution in [0, 0.1) is 5.82 Å². The van der Waals surface area contributed by atoms with Crippen molar-refractivity contribution in [2.45, 2.75) is 43.9 Å². The molecular formula is C16H20FN3O. The Labute approximate surface area is 123 Å². The highest BCUT2D eigenvalue weighted by Gasteiger charge is 2.37. The largest absolute Gasteiger partial charge is 0.339 e. The van der Waals surface area contributed by atoms with Gasteiger partial charge < -0.3 is 10.3 Å². The maximum atomic E-state index is 13.7. The van der Waals surface area contributed by atoms with Crippen LogP contribution in [0.5, 0.6) is 0 Å². The van der Waals surface area contributed by atoms with Crippen LogP contribution in [0.15, 0.2) is 28.8 Å². The molecule has 0 spiro atoms. The van der Waals surface area contributed by atoms with Gasteiger partial charge in [-0.05, 0) is 24.5 Å². The standard InChI is InChI=1S/C16H20FN3O/c17-13-7-3-2-6-12(13)10-14-19-15(21-20-14)16(11-18)8-4-1-5-9-16/h2-3,6-7H,1,4-5,8-11,18H2. The van der Waals surface area contributed by atoms with Crippen molar-refractivity contribution < 1.29 is 8.91 Å². The van der Waals surface area contributed by atoms with E-state index in [0.717, 1.165) is 25.7 Å². The number of halogens is 1. The summed E-state index contributed by atoms with van der Waals surface area (Å²) >= 11 is 0. The number of hydrogen-bond acceptors (Lipinski definition) is 4. The third-order valence-corrected chi connectivity index (χ3v) is 4.43. The van der Waals surface area contributed by atoms with Crippen LogP contribution in [0.1, 0.15) is 49.4 Å². The molecule has 2 aromatic rings. The molecule has 2 N–H and O–H groups in total. The Balaban J connectivity index is 1.81. The van der Waals surface area contributed by atoms with Crippen molar-refractivity contribution in [1.82, 2.24) is 10.1 Å². The van der Waals surface area contributed by atoms with Crippen LogP contribution in [-0.4, -0.2) is 16.7 Å². The molecule has 1 fully saturated rings. The number of hydrogen-bond donors (Lipinski definition) is 1. The van der Waals surface area contributed by atoms with Crippen molar-refractivity contribution in [1.29, 1.82) is 0 Å². The third-order valence-electron chi connectivity index (χ3n) is 4.43. The van der Waals surface area contributed by atoms with Gasteiger partial charge in [0.05, 0.1) is 5.41 Å². The Bertz CT molecular complexity index is 605. The Morgan fingerprint density at radius 1 is 1.19 bits per heavy atom. The van der Waals surface area contributed by atoms with E-state index in [2.05, 4.69) is 10.1 Å². The second-order valence-corrected chi connectivity index (χ2v) is 5.83. The van der Waals surface area contributed by atoms with Gasteiger partial charge in [-0.15, -0.1) is 0 Å². The van der Waals surface area contributed by atoms with Crippen molar-refractivity contribution in [3.63, 3.8) is 0 Å². The molecule has 0 unspecified atom stereocenters. The molecule has 1 aliphatic rings. The van der Waals surface area contributed by atoms with Gasteiger partial charge in [-0.25, -0.2) is 4.39 Å². The van der Waals surface area contributed by atoms with Gasteiger partial charge in [0, 0.05) is 13.0 Å². The predicted octanol–water partition coefficient (Wildman–Crippen LogP) is 2.96. The minimum atomic E-state index is -0.241. The van der Waals surface area contributed by atoms with Crippen LogP contribution >= 0.6 is 0 Å². The van der Waals surface area contributed by atoms with Gasteiger partial charge in [0.2, 0.25) is 5.89 Å². The van der Waals surface area contributed by atoms with E-state index < -0.39 is 0 Å². The molecular weight excluding hydrogens is 269 g/mol. The first kappa shape index (κ1) is 14.2. The van der Waals surface area contributed by atoms with Crippen molar-refractivity contribution >= 4 is 0 Å². The lowest BCUT2D eigenvalue weighted by Gasteiger charge is -2.32. The zero-order valence-electron chi connectivity index (χ0n) is 12.0. The summed E-state index contributed by atoms with van der Waals surface area (Å²) in [5.74, 6) is 0.902. The molecule has 1 aromatic heterocycles. The maximum Gasteiger partial charge on any atom is 0.234 e. The zero-order valence-corrected chi connectivity index (χ0v) is 12.0. The molecule has 0 aliphatic heterocycles. The normalized spacial score (nSPS) is 17.8. The zero-order chi connectivity index (χ0) is 14.7. The van der Waals surface area contributed by atoms with Crippen LogP contribution in [0.2, 0.25) is 0 Å². The predicted molar refractivity (Wildman–Crippen MR) is 77.3 cm³/mol. The van der Waals surface area contributed by atoms with Crippen molar-refractivity contribution in [2.24, 2.45) is 5.73 Å². The van der Waals surface area contributed by atoms with E-state index in [1.54, 1.807) is 12.1 Å². The van der Waals surface area contributed by atoms with Crippen LogP contribution < -0.4 is 5.73 Å². The van der Waals surface area contributed by atoms with Crippen LogP contribution in [0.3, 0.4) is 0 Å². The molecule has 0 atom stereocenters. The van der Waals surface area contributed by atoms with Gasteiger partial charge in [0.25, 0.3) is 0 Å². The monoisotopic (exact) mass is 289 g/mol. The third kappa shape index (κ3) is 2.83. The van der Waals surface area contributed by atoms with E-state index in [1.165, 1.54) is 12.5 Å². The summed E-state index contributed by atoms with van der Waals surface area (Å²) < 4.78 is 19.1. The second-order valence-electron chi connectivity index (χ2n) is 5.83. The van der Waals surface area contributed by atoms with Crippen molar-refractivity contribution in [2.75, 3.05) is 6.54 Å². The number of rotatable bonds is 4. The smallest absolute Gasteiger partial charge is 0.234 e. The van der Waals surface area contributed by atoms with Gasteiger partial charge >= 0.3 is 0 Å². The van der Waals surface area contributed by atoms with Gasteiger partial charge in [-0.2, -0.15) is 4.98 Å². The molecule has 0 amide bonds. The second kappa shape index (κ2) is 5.93. The van der Waals surface area contributed by atoms with Crippen LogP contribution in [0.25, 0.3) is 0 Å². The van der Waals surface area contributed by atoms with Crippen LogP contribution in [0.4, 0.5) is 4.39 Å². The summed E-state index contributed by atoms with van der Waals surface area (Å²) in [6.45, 7) is 0.522. The van der Waals surface area contributed by atoms with Gasteiger partial charge in [-0.3, -0.25) is 0 Å². The highest BCUT2D eigenvalue weighted by Crippen LogP contribution is 2.37. The van der Waals surface area contributed by atoms with Crippen molar-refractivity contribution in [3.05, 3.63) is 47.4 Å². The first-order valence-electron chi connectivity index (χ1n) is 7.50. The summed E-state index contributed by atoms with van der Waals surface area (Å²) in [5, 5.41) is 4.01.